The van der Waals surface area contributed by atoms with Crippen molar-refractivity contribution in [1.29, 1.82) is 0 Å². The molecule has 0 saturated heterocycles. The van der Waals surface area contributed by atoms with Gasteiger partial charge in [-0.25, -0.2) is 8.42 Å². The van der Waals surface area contributed by atoms with E-state index in [1.54, 1.807) is 30.6 Å². The van der Waals surface area contributed by atoms with Crippen LogP contribution in [0.1, 0.15) is 37.8 Å². The number of nitrogens with zero attached hydrogens (tertiary/aromatic N) is 1. The molecule has 2 aromatic rings. The Labute approximate surface area is 199 Å². The molecule has 1 aromatic carbocycles. The first kappa shape index (κ1) is 25.5. The number of carbonyl (C=O) groups excluding carboxylic acids is 3. The third-order valence-corrected chi connectivity index (χ3v) is 6.94. The Morgan fingerprint density at radius 1 is 1.15 bits per heavy atom. The Hall–Kier alpha value is -3.11. The van der Waals surface area contributed by atoms with Gasteiger partial charge in [0.1, 0.15) is 12.1 Å². The van der Waals surface area contributed by atoms with Crippen molar-refractivity contribution in [1.82, 2.24) is 20.3 Å². The Balaban J connectivity index is 1.84. The normalized spacial score (nSPS) is 18.0. The number of Topliss-reactive ketones (excluding diaryl/α,β-unsaturated/α-hetero) is 1. The van der Waals surface area contributed by atoms with Gasteiger partial charge in [0.15, 0.2) is 0 Å². The van der Waals surface area contributed by atoms with E-state index < -0.39 is 39.7 Å². The van der Waals surface area contributed by atoms with Crippen molar-refractivity contribution >= 4 is 27.6 Å². The molecule has 2 unspecified atom stereocenters. The number of aromatic nitrogens is 1. The highest BCUT2D eigenvalue weighted by molar-refractivity contribution is 7.89. The molecular formula is C24H30N4O5S. The number of hydrogen-bond donors (Lipinski definition) is 3. The fraction of sp³-hybridized carbons (Fsp3) is 0.417. The molecule has 1 aliphatic heterocycles. The SMILES string of the molecule is CC(C)CC(NS(=O)(=O)c1ccccc1)C(=O)NC1Cc2cncc(c2)CCCNC(=O)C1=O. The Kier molecular flexibility index (Phi) is 8.51. The van der Waals surface area contributed by atoms with Gasteiger partial charge >= 0.3 is 0 Å². The summed E-state index contributed by atoms with van der Waals surface area (Å²) in [6, 6.07) is 7.37. The van der Waals surface area contributed by atoms with Crippen molar-refractivity contribution in [2.75, 3.05) is 6.54 Å². The predicted octanol–water partition coefficient (Wildman–Crippen LogP) is 1.13. The molecule has 0 aliphatic carbocycles. The lowest BCUT2D eigenvalue weighted by atomic mass is 9.99. The summed E-state index contributed by atoms with van der Waals surface area (Å²) in [7, 11) is -3.97. The van der Waals surface area contributed by atoms with Gasteiger partial charge in [0.25, 0.3) is 5.91 Å². The van der Waals surface area contributed by atoms with E-state index in [9.17, 15) is 22.8 Å². The van der Waals surface area contributed by atoms with Crippen LogP contribution in [-0.4, -0.2) is 49.6 Å². The molecule has 3 rings (SSSR count). The first-order valence-corrected chi connectivity index (χ1v) is 12.8. The van der Waals surface area contributed by atoms with Crippen LogP contribution in [0.15, 0.2) is 53.7 Å². The minimum absolute atomic E-state index is 0.0123. The molecule has 2 atom stereocenters. The first-order chi connectivity index (χ1) is 16.2. The molecule has 0 radical (unpaired) electrons. The second-order valence-electron chi connectivity index (χ2n) is 8.81. The van der Waals surface area contributed by atoms with E-state index in [1.807, 2.05) is 19.9 Å². The Morgan fingerprint density at radius 3 is 2.56 bits per heavy atom. The number of rotatable bonds is 7. The number of aryl methyl sites for hydroxylation is 1. The van der Waals surface area contributed by atoms with Gasteiger partial charge in [-0.2, -0.15) is 4.72 Å². The fourth-order valence-electron chi connectivity index (χ4n) is 3.78. The van der Waals surface area contributed by atoms with Gasteiger partial charge in [0, 0.05) is 25.4 Å². The van der Waals surface area contributed by atoms with E-state index in [2.05, 4.69) is 20.3 Å². The zero-order valence-electron chi connectivity index (χ0n) is 19.3. The topological polar surface area (TPSA) is 134 Å². The molecule has 182 valence electrons. The summed E-state index contributed by atoms with van der Waals surface area (Å²) in [5, 5.41) is 5.21. The molecule has 34 heavy (non-hydrogen) atoms. The van der Waals surface area contributed by atoms with Crippen molar-refractivity contribution < 1.29 is 22.8 Å². The van der Waals surface area contributed by atoms with Crippen LogP contribution in [0.4, 0.5) is 0 Å². The van der Waals surface area contributed by atoms with Crippen LogP contribution in [0, 0.1) is 5.92 Å². The van der Waals surface area contributed by atoms with Crippen LogP contribution >= 0.6 is 0 Å². The number of hydrogen-bond acceptors (Lipinski definition) is 6. The third-order valence-electron chi connectivity index (χ3n) is 5.45. The van der Waals surface area contributed by atoms with Crippen LogP contribution in [0.3, 0.4) is 0 Å². The summed E-state index contributed by atoms with van der Waals surface area (Å²) in [6.07, 6.45) is 4.95. The highest BCUT2D eigenvalue weighted by Gasteiger charge is 2.32. The average Bonchev–Trinajstić information content (AvgIpc) is 2.81. The Morgan fingerprint density at radius 2 is 1.85 bits per heavy atom. The van der Waals surface area contributed by atoms with Crippen LogP contribution in [-0.2, 0) is 37.2 Å². The molecule has 2 heterocycles. The first-order valence-electron chi connectivity index (χ1n) is 11.3. The van der Waals surface area contributed by atoms with E-state index >= 15 is 0 Å². The zero-order valence-corrected chi connectivity index (χ0v) is 20.1. The van der Waals surface area contributed by atoms with E-state index in [0.29, 0.717) is 24.9 Å². The number of nitrogens with one attached hydrogen (secondary N) is 3. The number of fused-ring (bicyclic) bond motifs is 2. The maximum atomic E-state index is 13.2. The van der Waals surface area contributed by atoms with Crippen LogP contribution in [0.5, 0.6) is 0 Å². The summed E-state index contributed by atoms with van der Waals surface area (Å²) in [4.78, 5) is 42.7. The summed E-state index contributed by atoms with van der Waals surface area (Å²) in [5.41, 5.74) is 1.68. The maximum absolute atomic E-state index is 13.2. The van der Waals surface area contributed by atoms with Crippen molar-refractivity contribution in [3.8, 4) is 0 Å². The van der Waals surface area contributed by atoms with E-state index in [-0.39, 0.29) is 23.7 Å². The maximum Gasteiger partial charge on any atom is 0.289 e. The summed E-state index contributed by atoms with van der Waals surface area (Å²) in [6.45, 7) is 4.04. The van der Waals surface area contributed by atoms with Gasteiger partial charge in [-0.05, 0) is 48.4 Å². The molecule has 0 spiro atoms. The standard InChI is InChI=1S/C24H30N4O5S/c1-16(2)11-21(28-34(32,33)19-8-4-3-5-9-19)23(30)27-20-13-18-12-17(14-25-15-18)7-6-10-26-24(31)22(20)29/h3-5,8-9,12,14-16,20-21,28H,6-7,10-11,13H2,1-2H3,(H,26,31)(H,27,30). The highest BCUT2D eigenvalue weighted by Crippen LogP contribution is 2.14. The second kappa shape index (κ2) is 11.3. The number of carbonyl (C=O) groups is 3. The smallest absolute Gasteiger partial charge is 0.289 e. The van der Waals surface area contributed by atoms with Gasteiger partial charge in [0.2, 0.25) is 21.7 Å². The number of ketones is 1. The summed E-state index contributed by atoms with van der Waals surface area (Å²) < 4.78 is 28.2. The lowest BCUT2D eigenvalue weighted by Gasteiger charge is -2.23. The highest BCUT2D eigenvalue weighted by atomic mass is 32.2. The van der Waals surface area contributed by atoms with Gasteiger partial charge in [0.05, 0.1) is 4.90 Å². The number of sulfonamides is 1. The number of amides is 2. The van der Waals surface area contributed by atoms with Crippen LogP contribution in [0.25, 0.3) is 0 Å². The van der Waals surface area contributed by atoms with Crippen molar-refractivity contribution in [2.24, 2.45) is 5.92 Å². The quantitative estimate of drug-likeness (QED) is 0.503. The molecule has 9 nitrogen and oxygen atoms in total. The molecule has 1 aromatic heterocycles. The lowest BCUT2D eigenvalue weighted by molar-refractivity contribution is -0.140. The van der Waals surface area contributed by atoms with Crippen molar-refractivity contribution in [2.45, 2.75) is 56.5 Å². The molecule has 1 aliphatic rings. The van der Waals surface area contributed by atoms with Crippen molar-refractivity contribution in [3.05, 3.63) is 59.9 Å². The minimum atomic E-state index is -3.97. The van der Waals surface area contributed by atoms with Gasteiger partial charge < -0.3 is 10.6 Å². The van der Waals surface area contributed by atoms with Crippen molar-refractivity contribution in [3.63, 3.8) is 0 Å². The third kappa shape index (κ3) is 6.94. The average molecular weight is 487 g/mol. The molecule has 2 amide bonds. The number of pyridine rings is 1. The van der Waals surface area contributed by atoms with E-state index in [4.69, 9.17) is 0 Å². The number of benzene rings is 1. The molecular weight excluding hydrogens is 456 g/mol. The molecule has 0 fully saturated rings. The van der Waals surface area contributed by atoms with Crippen LogP contribution in [0.2, 0.25) is 0 Å². The second-order valence-corrected chi connectivity index (χ2v) is 10.5. The summed E-state index contributed by atoms with van der Waals surface area (Å²) in [5.74, 6) is -2.24. The Bertz CT molecular complexity index is 1140. The predicted molar refractivity (Wildman–Crippen MR) is 126 cm³/mol. The monoisotopic (exact) mass is 486 g/mol. The minimum Gasteiger partial charge on any atom is -0.349 e. The van der Waals surface area contributed by atoms with Gasteiger partial charge in [-0.1, -0.05) is 38.1 Å². The largest absolute Gasteiger partial charge is 0.349 e. The van der Waals surface area contributed by atoms with Gasteiger partial charge in [-0.3, -0.25) is 19.4 Å². The van der Waals surface area contributed by atoms with Crippen LogP contribution < -0.4 is 15.4 Å². The summed E-state index contributed by atoms with van der Waals surface area (Å²) >= 11 is 0. The van der Waals surface area contributed by atoms with E-state index in [1.165, 1.54) is 12.1 Å². The molecule has 10 heteroatoms. The lowest BCUT2D eigenvalue weighted by Crippen LogP contribution is -2.54. The fourth-order valence-corrected chi connectivity index (χ4v) is 5.01. The van der Waals surface area contributed by atoms with Gasteiger partial charge in [-0.15, -0.1) is 0 Å². The molecule has 0 saturated carbocycles. The molecule has 3 N–H and O–H groups in total. The zero-order chi connectivity index (χ0) is 24.7. The van der Waals surface area contributed by atoms with E-state index in [0.717, 1.165) is 5.56 Å². The molecule has 2 bridgehead atoms.